The zero-order valence-corrected chi connectivity index (χ0v) is 14.2. The van der Waals surface area contributed by atoms with Crippen molar-refractivity contribution in [2.24, 2.45) is 23.5 Å². The molecule has 0 aromatic carbocycles. The number of aromatic nitrogens is 2. The normalized spacial score (nSPS) is 30.5. The quantitative estimate of drug-likeness (QED) is 0.874. The van der Waals surface area contributed by atoms with Gasteiger partial charge in [0.25, 0.3) is 5.91 Å². The third-order valence-electron chi connectivity index (χ3n) is 5.44. The highest BCUT2D eigenvalue weighted by Gasteiger charge is 2.28. The van der Waals surface area contributed by atoms with Gasteiger partial charge in [0.2, 0.25) is 5.95 Å². The predicted octanol–water partition coefficient (Wildman–Crippen LogP) is 3.15. The van der Waals surface area contributed by atoms with E-state index >= 15 is 0 Å². The van der Waals surface area contributed by atoms with Gasteiger partial charge in [0.05, 0.1) is 11.3 Å². The smallest absolute Gasteiger partial charge is 0.252 e. The molecule has 3 rings (SSSR count). The standard InChI is InChI=1S/C18H28N4O/c1-11-3-5-14(6-4-11)21-18-20-10-15(17(19)23)16(22-18)9-13-7-12(2)8-13/h10-14H,3-9H2,1-2H3,(H2,19,23)(H,20,21,22). The summed E-state index contributed by atoms with van der Waals surface area (Å²) in [4.78, 5) is 20.6. The van der Waals surface area contributed by atoms with Crippen LogP contribution in [-0.4, -0.2) is 21.9 Å². The minimum atomic E-state index is -0.426. The number of rotatable bonds is 5. The molecule has 0 unspecified atom stereocenters. The van der Waals surface area contributed by atoms with Crippen LogP contribution in [0.15, 0.2) is 6.20 Å². The Morgan fingerprint density at radius 1 is 1.22 bits per heavy atom. The van der Waals surface area contributed by atoms with Crippen LogP contribution in [0.4, 0.5) is 5.95 Å². The molecule has 23 heavy (non-hydrogen) atoms. The van der Waals surface area contributed by atoms with Crippen LogP contribution in [0.1, 0.15) is 68.4 Å². The number of amides is 1. The summed E-state index contributed by atoms with van der Waals surface area (Å²) in [5.41, 5.74) is 6.78. The SMILES string of the molecule is CC1CCC(Nc2ncc(C(N)=O)c(CC3CC(C)C3)n2)CC1. The van der Waals surface area contributed by atoms with Crippen molar-refractivity contribution in [3.63, 3.8) is 0 Å². The van der Waals surface area contributed by atoms with Crippen molar-refractivity contribution in [1.82, 2.24) is 9.97 Å². The van der Waals surface area contributed by atoms with Gasteiger partial charge in [-0.25, -0.2) is 9.97 Å². The summed E-state index contributed by atoms with van der Waals surface area (Å²) in [6, 6.07) is 0.446. The lowest BCUT2D eigenvalue weighted by Crippen LogP contribution is -2.28. The molecule has 2 saturated carbocycles. The highest BCUT2D eigenvalue weighted by atomic mass is 16.1. The van der Waals surface area contributed by atoms with Crippen molar-refractivity contribution in [2.75, 3.05) is 5.32 Å². The van der Waals surface area contributed by atoms with Crippen LogP contribution < -0.4 is 11.1 Å². The number of nitrogens with zero attached hydrogens (tertiary/aromatic N) is 2. The second kappa shape index (κ2) is 6.85. The number of nitrogens with one attached hydrogen (secondary N) is 1. The van der Waals surface area contributed by atoms with Crippen molar-refractivity contribution < 1.29 is 4.79 Å². The second-order valence-electron chi connectivity index (χ2n) is 7.67. The van der Waals surface area contributed by atoms with Crippen LogP contribution >= 0.6 is 0 Å². The Morgan fingerprint density at radius 2 is 1.91 bits per heavy atom. The fourth-order valence-electron chi connectivity index (χ4n) is 3.94. The Labute approximate surface area is 138 Å². The Hall–Kier alpha value is -1.65. The average Bonchev–Trinajstić information content (AvgIpc) is 2.48. The van der Waals surface area contributed by atoms with Crippen molar-refractivity contribution in [3.05, 3.63) is 17.5 Å². The number of carbonyl (C=O) groups excluding carboxylic acids is 1. The summed E-state index contributed by atoms with van der Waals surface area (Å²) < 4.78 is 0. The summed E-state index contributed by atoms with van der Waals surface area (Å²) in [5, 5.41) is 3.45. The van der Waals surface area contributed by atoms with Crippen molar-refractivity contribution in [2.45, 2.75) is 64.8 Å². The molecule has 0 spiro atoms. The van der Waals surface area contributed by atoms with E-state index in [1.54, 1.807) is 6.20 Å². The van der Waals surface area contributed by atoms with Crippen LogP contribution in [0.5, 0.6) is 0 Å². The van der Waals surface area contributed by atoms with Gasteiger partial charge in [-0.05, 0) is 62.7 Å². The first-order valence-corrected chi connectivity index (χ1v) is 8.93. The Morgan fingerprint density at radius 3 is 2.52 bits per heavy atom. The summed E-state index contributed by atoms with van der Waals surface area (Å²) >= 11 is 0. The number of primary amides is 1. The van der Waals surface area contributed by atoms with Crippen molar-refractivity contribution in [1.29, 1.82) is 0 Å². The summed E-state index contributed by atoms with van der Waals surface area (Å²) in [6.45, 7) is 4.58. The van der Waals surface area contributed by atoms with Gasteiger partial charge in [-0.1, -0.05) is 13.8 Å². The van der Waals surface area contributed by atoms with Crippen molar-refractivity contribution in [3.8, 4) is 0 Å². The number of carbonyl (C=O) groups is 1. The van der Waals surface area contributed by atoms with E-state index in [2.05, 4.69) is 29.1 Å². The molecule has 0 saturated heterocycles. The van der Waals surface area contributed by atoms with E-state index in [9.17, 15) is 4.79 Å². The highest BCUT2D eigenvalue weighted by molar-refractivity contribution is 5.93. The first-order chi connectivity index (χ1) is 11.0. The molecular formula is C18H28N4O. The monoisotopic (exact) mass is 316 g/mol. The molecule has 0 radical (unpaired) electrons. The van der Waals surface area contributed by atoms with E-state index in [1.807, 2.05) is 0 Å². The molecule has 3 N–H and O–H groups in total. The lowest BCUT2D eigenvalue weighted by molar-refractivity contribution is 0.0997. The third-order valence-corrected chi connectivity index (χ3v) is 5.44. The molecule has 2 aliphatic rings. The van der Waals surface area contributed by atoms with E-state index in [4.69, 9.17) is 5.73 Å². The molecule has 1 aromatic heterocycles. The summed E-state index contributed by atoms with van der Waals surface area (Å²) in [7, 11) is 0. The molecule has 0 aliphatic heterocycles. The summed E-state index contributed by atoms with van der Waals surface area (Å²) in [6.07, 6.45) is 9.70. The van der Waals surface area contributed by atoms with E-state index in [0.717, 1.165) is 36.8 Å². The predicted molar refractivity (Wildman–Crippen MR) is 91.2 cm³/mol. The molecule has 2 aliphatic carbocycles. The molecule has 1 heterocycles. The highest BCUT2D eigenvalue weighted by Crippen LogP contribution is 2.35. The Balaban J connectivity index is 1.69. The largest absolute Gasteiger partial charge is 0.365 e. The lowest BCUT2D eigenvalue weighted by atomic mass is 9.73. The van der Waals surface area contributed by atoms with E-state index in [1.165, 1.54) is 25.7 Å². The maximum atomic E-state index is 11.6. The first kappa shape index (κ1) is 16.2. The maximum Gasteiger partial charge on any atom is 0.252 e. The molecule has 5 nitrogen and oxygen atoms in total. The number of hydrogen-bond acceptors (Lipinski definition) is 4. The second-order valence-corrected chi connectivity index (χ2v) is 7.67. The van der Waals surface area contributed by atoms with Gasteiger partial charge in [-0.3, -0.25) is 4.79 Å². The van der Waals surface area contributed by atoms with E-state index < -0.39 is 5.91 Å². The fraction of sp³-hybridized carbons (Fsp3) is 0.722. The number of anilines is 1. The Bertz CT molecular complexity index is 560. The average molecular weight is 316 g/mol. The molecule has 1 amide bonds. The van der Waals surface area contributed by atoms with Crippen LogP contribution in [0, 0.1) is 17.8 Å². The zero-order valence-electron chi connectivity index (χ0n) is 14.2. The van der Waals surface area contributed by atoms with Crippen molar-refractivity contribution >= 4 is 11.9 Å². The Kier molecular flexibility index (Phi) is 4.83. The fourth-order valence-corrected chi connectivity index (χ4v) is 3.94. The molecule has 1 aromatic rings. The van der Waals surface area contributed by atoms with Gasteiger partial charge in [0.15, 0.2) is 0 Å². The zero-order chi connectivity index (χ0) is 16.4. The van der Waals surface area contributed by atoms with Gasteiger partial charge < -0.3 is 11.1 Å². The minimum absolute atomic E-state index is 0.426. The first-order valence-electron chi connectivity index (χ1n) is 8.93. The van der Waals surface area contributed by atoms with Crippen LogP contribution in [0.3, 0.4) is 0 Å². The molecule has 126 valence electrons. The van der Waals surface area contributed by atoms with E-state index in [-0.39, 0.29) is 0 Å². The molecule has 5 heteroatoms. The van der Waals surface area contributed by atoms with E-state index in [0.29, 0.717) is 23.5 Å². The molecule has 0 atom stereocenters. The van der Waals surface area contributed by atoms with Gasteiger partial charge >= 0.3 is 0 Å². The van der Waals surface area contributed by atoms with Gasteiger partial charge in [0, 0.05) is 12.2 Å². The van der Waals surface area contributed by atoms with Crippen LogP contribution in [0.25, 0.3) is 0 Å². The van der Waals surface area contributed by atoms with Gasteiger partial charge in [-0.2, -0.15) is 0 Å². The molecular weight excluding hydrogens is 288 g/mol. The minimum Gasteiger partial charge on any atom is -0.365 e. The number of hydrogen-bond donors (Lipinski definition) is 2. The van der Waals surface area contributed by atoms with Crippen LogP contribution in [0.2, 0.25) is 0 Å². The van der Waals surface area contributed by atoms with Gasteiger partial charge in [-0.15, -0.1) is 0 Å². The van der Waals surface area contributed by atoms with Gasteiger partial charge in [0.1, 0.15) is 0 Å². The van der Waals surface area contributed by atoms with Crippen LogP contribution in [-0.2, 0) is 6.42 Å². The lowest BCUT2D eigenvalue weighted by Gasteiger charge is -2.32. The summed E-state index contributed by atoms with van der Waals surface area (Å²) in [5.74, 6) is 2.46. The number of nitrogens with two attached hydrogens (primary N) is 1. The molecule has 0 bridgehead atoms. The third kappa shape index (κ3) is 4.01. The molecule has 2 fully saturated rings. The topological polar surface area (TPSA) is 80.9 Å². The maximum absolute atomic E-state index is 11.6.